The molecule has 0 nitrogen and oxygen atoms in total. The van der Waals surface area contributed by atoms with Crippen LogP contribution in [0.5, 0.6) is 0 Å². The van der Waals surface area contributed by atoms with Crippen molar-refractivity contribution < 1.29 is 0 Å². The Kier molecular flexibility index (Phi) is 2.86. The van der Waals surface area contributed by atoms with Crippen LogP contribution in [0.1, 0.15) is 40.5 Å². The van der Waals surface area contributed by atoms with Crippen LogP contribution in [0.25, 0.3) is 0 Å². The fourth-order valence-corrected chi connectivity index (χ4v) is 3.03. The molecule has 2 aliphatic rings. The molecule has 2 aliphatic carbocycles. The summed E-state index contributed by atoms with van der Waals surface area (Å²) in [5.74, 6) is 2.30. The fraction of sp³-hybridized carbons (Fsp3) is 0.600. The molecule has 0 aromatic rings. The molecule has 1 fully saturated rings. The van der Waals surface area contributed by atoms with E-state index in [0.717, 1.165) is 11.8 Å². The second-order valence-corrected chi connectivity index (χ2v) is 5.41. The molecule has 0 aliphatic heterocycles. The van der Waals surface area contributed by atoms with Gasteiger partial charge in [-0.3, -0.25) is 0 Å². The summed E-state index contributed by atoms with van der Waals surface area (Å²) in [4.78, 5) is 0. The maximum atomic E-state index is 2.47. The molecule has 1 saturated carbocycles. The van der Waals surface area contributed by atoms with Crippen LogP contribution in [-0.4, -0.2) is 0 Å². The minimum Gasteiger partial charge on any atom is -0.0800 e. The Balaban J connectivity index is 2.36. The highest BCUT2D eigenvalue weighted by Gasteiger charge is 2.32. The second kappa shape index (κ2) is 4.00. The fourth-order valence-electron chi connectivity index (χ4n) is 3.03. The molecule has 0 amide bonds. The van der Waals surface area contributed by atoms with Crippen LogP contribution in [0.15, 0.2) is 34.9 Å². The average molecular weight is 202 g/mol. The molecule has 15 heavy (non-hydrogen) atoms. The molecule has 2 rings (SSSR count). The summed E-state index contributed by atoms with van der Waals surface area (Å²) in [5, 5.41) is 0. The van der Waals surface area contributed by atoms with E-state index in [0.29, 0.717) is 5.92 Å². The molecule has 0 N–H and O–H groups in total. The van der Waals surface area contributed by atoms with Gasteiger partial charge in [-0.1, -0.05) is 41.9 Å². The van der Waals surface area contributed by atoms with Gasteiger partial charge < -0.3 is 0 Å². The summed E-state index contributed by atoms with van der Waals surface area (Å²) < 4.78 is 0. The van der Waals surface area contributed by atoms with Crippen molar-refractivity contribution in [3.05, 3.63) is 34.9 Å². The predicted molar refractivity (Wildman–Crippen MR) is 66.6 cm³/mol. The molecule has 0 heteroatoms. The Labute approximate surface area is 93.8 Å². The first kappa shape index (κ1) is 10.7. The molecule has 0 unspecified atom stereocenters. The van der Waals surface area contributed by atoms with Crippen LogP contribution in [0, 0.1) is 17.8 Å². The van der Waals surface area contributed by atoms with E-state index in [9.17, 15) is 0 Å². The highest BCUT2D eigenvalue weighted by atomic mass is 14.4. The van der Waals surface area contributed by atoms with Crippen molar-refractivity contribution in [2.45, 2.75) is 40.5 Å². The third-order valence-corrected chi connectivity index (χ3v) is 4.01. The SMILES string of the molecule is CC1=C[C@@H]2C(=C(C)C)CC[C@@H](C)[C@@H]2C=C1. The lowest BCUT2D eigenvalue weighted by Gasteiger charge is -2.38. The maximum Gasteiger partial charge on any atom is 0.00504 e. The summed E-state index contributed by atoms with van der Waals surface area (Å²) in [6.07, 6.45) is 9.88. The van der Waals surface area contributed by atoms with Gasteiger partial charge in [0, 0.05) is 5.92 Å². The average Bonchev–Trinajstić information content (AvgIpc) is 2.17. The van der Waals surface area contributed by atoms with Crippen molar-refractivity contribution in [3.63, 3.8) is 0 Å². The first-order valence-electron chi connectivity index (χ1n) is 6.12. The largest absolute Gasteiger partial charge is 0.0800 e. The zero-order chi connectivity index (χ0) is 11.0. The van der Waals surface area contributed by atoms with E-state index in [4.69, 9.17) is 0 Å². The Morgan fingerprint density at radius 2 is 2.07 bits per heavy atom. The van der Waals surface area contributed by atoms with Crippen molar-refractivity contribution in [1.29, 1.82) is 0 Å². The van der Waals surface area contributed by atoms with E-state index in [2.05, 4.69) is 45.9 Å². The zero-order valence-corrected chi connectivity index (χ0v) is 10.4. The van der Waals surface area contributed by atoms with E-state index in [1.54, 1.807) is 5.57 Å². The van der Waals surface area contributed by atoms with Gasteiger partial charge in [-0.25, -0.2) is 0 Å². The first-order valence-corrected chi connectivity index (χ1v) is 6.12. The molecular weight excluding hydrogens is 180 g/mol. The molecule has 3 atom stereocenters. The summed E-state index contributed by atoms with van der Waals surface area (Å²) in [5.41, 5.74) is 4.67. The van der Waals surface area contributed by atoms with Gasteiger partial charge in [0.15, 0.2) is 0 Å². The lowest BCUT2D eigenvalue weighted by atomic mass is 9.67. The summed E-state index contributed by atoms with van der Waals surface area (Å²) >= 11 is 0. The number of hydrogen-bond acceptors (Lipinski definition) is 0. The molecule has 0 saturated heterocycles. The van der Waals surface area contributed by atoms with Gasteiger partial charge in [0.2, 0.25) is 0 Å². The highest BCUT2D eigenvalue weighted by Crippen LogP contribution is 2.43. The molecule has 82 valence electrons. The van der Waals surface area contributed by atoms with E-state index in [-0.39, 0.29) is 0 Å². The van der Waals surface area contributed by atoms with Crippen LogP contribution in [0.2, 0.25) is 0 Å². The van der Waals surface area contributed by atoms with Gasteiger partial charge in [0.1, 0.15) is 0 Å². The highest BCUT2D eigenvalue weighted by molar-refractivity contribution is 5.33. The Morgan fingerprint density at radius 3 is 2.73 bits per heavy atom. The minimum atomic E-state index is 0.698. The van der Waals surface area contributed by atoms with E-state index in [1.165, 1.54) is 24.0 Å². The number of allylic oxidation sites excluding steroid dienone is 6. The maximum absolute atomic E-state index is 2.47. The van der Waals surface area contributed by atoms with Gasteiger partial charge in [-0.2, -0.15) is 0 Å². The van der Waals surface area contributed by atoms with Gasteiger partial charge in [0.25, 0.3) is 0 Å². The van der Waals surface area contributed by atoms with Crippen LogP contribution in [-0.2, 0) is 0 Å². The third-order valence-electron chi connectivity index (χ3n) is 4.01. The monoisotopic (exact) mass is 202 g/mol. The standard InChI is InChI=1S/C15H22/c1-10(2)13-8-6-12(4)14-7-5-11(3)9-15(13)14/h5,7,9,12,14-15H,6,8H2,1-4H3/t12-,14+,15-/m1/s1. The van der Waals surface area contributed by atoms with Gasteiger partial charge in [-0.05, 0) is 45.4 Å². The van der Waals surface area contributed by atoms with Crippen LogP contribution in [0.3, 0.4) is 0 Å². The van der Waals surface area contributed by atoms with Crippen LogP contribution in [0.4, 0.5) is 0 Å². The number of fused-ring (bicyclic) bond motifs is 1. The molecule has 0 radical (unpaired) electrons. The normalized spacial score (nSPS) is 34.8. The van der Waals surface area contributed by atoms with Crippen molar-refractivity contribution in [2.24, 2.45) is 17.8 Å². The summed E-state index contributed by atoms with van der Waals surface area (Å²) in [6.45, 7) is 9.15. The Bertz CT molecular complexity index is 337. The second-order valence-electron chi connectivity index (χ2n) is 5.41. The third kappa shape index (κ3) is 1.95. The lowest BCUT2D eigenvalue weighted by Crippen LogP contribution is -2.28. The quantitative estimate of drug-likeness (QED) is 0.507. The molecule has 0 aromatic carbocycles. The van der Waals surface area contributed by atoms with E-state index < -0.39 is 0 Å². The Hall–Kier alpha value is -0.780. The summed E-state index contributed by atoms with van der Waals surface area (Å²) in [7, 11) is 0. The van der Waals surface area contributed by atoms with Crippen molar-refractivity contribution >= 4 is 0 Å². The molecule has 0 aromatic heterocycles. The van der Waals surface area contributed by atoms with Crippen molar-refractivity contribution in [2.75, 3.05) is 0 Å². The number of rotatable bonds is 0. The van der Waals surface area contributed by atoms with E-state index >= 15 is 0 Å². The summed E-state index contributed by atoms with van der Waals surface area (Å²) in [6, 6.07) is 0. The Morgan fingerprint density at radius 1 is 1.33 bits per heavy atom. The number of hydrogen-bond donors (Lipinski definition) is 0. The van der Waals surface area contributed by atoms with Gasteiger partial charge in [0.05, 0.1) is 0 Å². The van der Waals surface area contributed by atoms with Crippen molar-refractivity contribution in [3.8, 4) is 0 Å². The molecule has 0 heterocycles. The van der Waals surface area contributed by atoms with E-state index in [1.807, 2.05) is 0 Å². The first-order chi connectivity index (χ1) is 7.09. The molecular formula is C15H22. The topological polar surface area (TPSA) is 0 Å². The lowest BCUT2D eigenvalue weighted by molar-refractivity contribution is 0.299. The van der Waals surface area contributed by atoms with Crippen molar-refractivity contribution in [1.82, 2.24) is 0 Å². The zero-order valence-electron chi connectivity index (χ0n) is 10.4. The predicted octanol–water partition coefficient (Wildman–Crippen LogP) is 4.50. The van der Waals surface area contributed by atoms with Crippen LogP contribution >= 0.6 is 0 Å². The van der Waals surface area contributed by atoms with Gasteiger partial charge in [-0.15, -0.1) is 0 Å². The van der Waals surface area contributed by atoms with Gasteiger partial charge >= 0.3 is 0 Å². The minimum absolute atomic E-state index is 0.698. The molecule has 0 bridgehead atoms. The smallest absolute Gasteiger partial charge is 0.00504 e. The van der Waals surface area contributed by atoms with Crippen LogP contribution < -0.4 is 0 Å². The molecule has 0 spiro atoms.